The van der Waals surface area contributed by atoms with Gasteiger partial charge in [-0.2, -0.15) is 0 Å². The van der Waals surface area contributed by atoms with Crippen molar-refractivity contribution in [3.63, 3.8) is 0 Å². The lowest BCUT2D eigenvalue weighted by atomic mass is 9.89. The zero-order valence-electron chi connectivity index (χ0n) is 11.8. The molecule has 1 aliphatic rings. The largest absolute Gasteiger partial charge is 0.452 e. The van der Waals surface area contributed by atoms with Crippen LogP contribution in [-0.4, -0.2) is 18.0 Å². The highest BCUT2D eigenvalue weighted by Gasteiger charge is 2.26. The summed E-state index contributed by atoms with van der Waals surface area (Å²) in [5, 5.41) is 2.73. The minimum atomic E-state index is -0.760. The van der Waals surface area contributed by atoms with Crippen molar-refractivity contribution in [2.45, 2.75) is 45.1 Å². The predicted molar refractivity (Wildman–Crippen MR) is 77.2 cm³/mol. The number of hydrogen-bond donors (Lipinski definition) is 1. The van der Waals surface area contributed by atoms with Gasteiger partial charge in [0, 0.05) is 5.69 Å². The van der Waals surface area contributed by atoms with E-state index in [2.05, 4.69) is 5.32 Å². The van der Waals surface area contributed by atoms with E-state index in [4.69, 9.17) is 4.74 Å². The third kappa shape index (κ3) is 4.08. The number of carbonyl (C=O) groups excluding carboxylic acids is 2. The van der Waals surface area contributed by atoms with E-state index in [1.165, 1.54) is 6.42 Å². The van der Waals surface area contributed by atoms with Gasteiger partial charge in [-0.05, 0) is 31.9 Å². The van der Waals surface area contributed by atoms with E-state index in [0.717, 1.165) is 25.7 Å². The number of ether oxygens (including phenoxy) is 1. The molecule has 1 atom stereocenters. The van der Waals surface area contributed by atoms with Crippen LogP contribution in [0.25, 0.3) is 0 Å². The number of nitrogens with one attached hydrogen (secondary N) is 1. The van der Waals surface area contributed by atoms with Crippen LogP contribution in [0.2, 0.25) is 0 Å². The van der Waals surface area contributed by atoms with Crippen LogP contribution in [0, 0.1) is 5.92 Å². The molecule has 1 saturated carbocycles. The van der Waals surface area contributed by atoms with Gasteiger partial charge in [0.25, 0.3) is 5.91 Å². The van der Waals surface area contributed by atoms with E-state index in [-0.39, 0.29) is 17.8 Å². The molecule has 2 rings (SSSR count). The van der Waals surface area contributed by atoms with Crippen molar-refractivity contribution in [1.82, 2.24) is 0 Å². The number of carbonyl (C=O) groups is 2. The van der Waals surface area contributed by atoms with E-state index in [9.17, 15) is 9.59 Å². The van der Waals surface area contributed by atoms with Crippen LogP contribution in [0.15, 0.2) is 30.3 Å². The Balaban J connectivity index is 1.82. The molecule has 1 amide bonds. The molecule has 1 unspecified atom stereocenters. The first kappa shape index (κ1) is 14.6. The van der Waals surface area contributed by atoms with Gasteiger partial charge in [-0.15, -0.1) is 0 Å². The number of hydrogen-bond acceptors (Lipinski definition) is 3. The number of amides is 1. The molecular formula is C16H21NO3. The van der Waals surface area contributed by atoms with Crippen molar-refractivity contribution < 1.29 is 14.3 Å². The maximum absolute atomic E-state index is 12.0. The topological polar surface area (TPSA) is 55.4 Å². The zero-order valence-corrected chi connectivity index (χ0v) is 11.8. The van der Waals surface area contributed by atoms with Gasteiger partial charge < -0.3 is 10.1 Å². The van der Waals surface area contributed by atoms with Crippen LogP contribution in [0.5, 0.6) is 0 Å². The minimum Gasteiger partial charge on any atom is -0.452 e. The van der Waals surface area contributed by atoms with Gasteiger partial charge in [-0.1, -0.05) is 37.5 Å². The standard InChI is InChI=1S/C16H21NO3/c1-12(15(18)17-14-10-6-3-7-11-14)20-16(19)13-8-4-2-5-9-13/h3,6-7,10-13H,2,4-5,8-9H2,1H3,(H,17,18). The Morgan fingerprint density at radius 3 is 2.45 bits per heavy atom. The van der Waals surface area contributed by atoms with Gasteiger partial charge in [0.15, 0.2) is 6.10 Å². The molecule has 108 valence electrons. The summed E-state index contributed by atoms with van der Waals surface area (Å²) >= 11 is 0. The highest BCUT2D eigenvalue weighted by Crippen LogP contribution is 2.25. The normalized spacial score (nSPS) is 17.2. The Labute approximate surface area is 119 Å². The number of rotatable bonds is 4. The van der Waals surface area contributed by atoms with Gasteiger partial charge in [-0.3, -0.25) is 9.59 Å². The first-order valence-electron chi connectivity index (χ1n) is 7.23. The fourth-order valence-corrected chi connectivity index (χ4v) is 2.43. The lowest BCUT2D eigenvalue weighted by Gasteiger charge is -2.22. The molecule has 1 fully saturated rings. The van der Waals surface area contributed by atoms with Crippen LogP contribution >= 0.6 is 0 Å². The molecule has 1 aromatic carbocycles. The van der Waals surface area contributed by atoms with Crippen molar-refractivity contribution >= 4 is 17.6 Å². The maximum Gasteiger partial charge on any atom is 0.309 e. The van der Waals surface area contributed by atoms with E-state index in [0.29, 0.717) is 5.69 Å². The van der Waals surface area contributed by atoms with E-state index < -0.39 is 6.10 Å². The zero-order chi connectivity index (χ0) is 14.4. The van der Waals surface area contributed by atoms with Crippen LogP contribution in [0.4, 0.5) is 5.69 Å². The fraction of sp³-hybridized carbons (Fsp3) is 0.500. The number of para-hydroxylation sites is 1. The summed E-state index contributed by atoms with van der Waals surface area (Å²) in [6.45, 7) is 1.61. The highest BCUT2D eigenvalue weighted by atomic mass is 16.5. The molecule has 0 aromatic heterocycles. The third-order valence-electron chi connectivity index (χ3n) is 3.64. The van der Waals surface area contributed by atoms with Gasteiger partial charge in [0.2, 0.25) is 0 Å². The van der Waals surface area contributed by atoms with Crippen molar-refractivity contribution in [2.24, 2.45) is 5.92 Å². The summed E-state index contributed by atoms with van der Waals surface area (Å²) in [6.07, 6.45) is 4.34. The summed E-state index contributed by atoms with van der Waals surface area (Å²) in [6, 6.07) is 9.16. The third-order valence-corrected chi connectivity index (χ3v) is 3.64. The molecule has 0 spiro atoms. The summed E-state index contributed by atoms with van der Waals surface area (Å²) in [4.78, 5) is 23.9. The summed E-state index contributed by atoms with van der Waals surface area (Å²) in [5.74, 6) is -0.559. The average Bonchev–Trinajstić information content (AvgIpc) is 2.49. The smallest absolute Gasteiger partial charge is 0.309 e. The van der Waals surface area contributed by atoms with Crippen LogP contribution in [-0.2, 0) is 14.3 Å². The second-order valence-electron chi connectivity index (χ2n) is 5.27. The van der Waals surface area contributed by atoms with Crippen molar-refractivity contribution in [1.29, 1.82) is 0 Å². The van der Waals surface area contributed by atoms with Crippen molar-refractivity contribution in [3.05, 3.63) is 30.3 Å². The second-order valence-corrected chi connectivity index (χ2v) is 5.27. The maximum atomic E-state index is 12.0. The van der Waals surface area contributed by atoms with Crippen LogP contribution in [0.3, 0.4) is 0 Å². The van der Waals surface area contributed by atoms with Gasteiger partial charge in [0.1, 0.15) is 0 Å². The van der Waals surface area contributed by atoms with Crippen molar-refractivity contribution in [3.8, 4) is 0 Å². The molecule has 1 aromatic rings. The lowest BCUT2D eigenvalue weighted by Crippen LogP contribution is -2.32. The first-order chi connectivity index (χ1) is 9.66. The molecular weight excluding hydrogens is 254 g/mol. The minimum absolute atomic E-state index is 0.0317. The molecule has 0 heterocycles. The Kier molecular flexibility index (Phi) is 5.16. The summed E-state index contributed by atoms with van der Waals surface area (Å²) in [7, 11) is 0. The number of anilines is 1. The van der Waals surface area contributed by atoms with Crippen LogP contribution < -0.4 is 5.32 Å². The fourth-order valence-electron chi connectivity index (χ4n) is 2.43. The molecule has 1 aliphatic carbocycles. The van der Waals surface area contributed by atoms with E-state index in [1.807, 2.05) is 18.2 Å². The molecule has 1 N–H and O–H groups in total. The number of esters is 1. The molecule has 0 saturated heterocycles. The predicted octanol–water partition coefficient (Wildman–Crippen LogP) is 3.14. The molecule has 20 heavy (non-hydrogen) atoms. The average molecular weight is 275 g/mol. The number of benzene rings is 1. The Morgan fingerprint density at radius 2 is 1.80 bits per heavy atom. The Morgan fingerprint density at radius 1 is 1.15 bits per heavy atom. The Bertz CT molecular complexity index is 452. The van der Waals surface area contributed by atoms with Gasteiger partial charge in [-0.25, -0.2) is 0 Å². The van der Waals surface area contributed by atoms with Crippen molar-refractivity contribution in [2.75, 3.05) is 5.32 Å². The quantitative estimate of drug-likeness (QED) is 0.859. The van der Waals surface area contributed by atoms with E-state index >= 15 is 0 Å². The van der Waals surface area contributed by atoms with Gasteiger partial charge >= 0.3 is 5.97 Å². The molecule has 0 bridgehead atoms. The van der Waals surface area contributed by atoms with E-state index in [1.54, 1.807) is 19.1 Å². The highest BCUT2D eigenvalue weighted by molar-refractivity contribution is 5.95. The van der Waals surface area contributed by atoms with Crippen LogP contribution in [0.1, 0.15) is 39.0 Å². The monoisotopic (exact) mass is 275 g/mol. The molecule has 4 nitrogen and oxygen atoms in total. The SMILES string of the molecule is CC(OC(=O)C1CCCCC1)C(=O)Nc1ccccc1. The molecule has 0 aliphatic heterocycles. The lowest BCUT2D eigenvalue weighted by molar-refractivity contribution is -0.158. The summed E-state index contributed by atoms with van der Waals surface area (Å²) < 4.78 is 5.27. The second kappa shape index (κ2) is 7.08. The first-order valence-corrected chi connectivity index (χ1v) is 7.23. The Hall–Kier alpha value is -1.84. The summed E-state index contributed by atoms with van der Waals surface area (Å²) in [5.41, 5.74) is 0.707. The molecule has 4 heteroatoms. The molecule has 0 radical (unpaired) electrons. The van der Waals surface area contributed by atoms with Gasteiger partial charge in [0.05, 0.1) is 5.92 Å².